The van der Waals surface area contributed by atoms with Gasteiger partial charge in [0.1, 0.15) is 22.7 Å². The van der Waals surface area contributed by atoms with Gasteiger partial charge in [-0.2, -0.15) is 0 Å². The number of nitrogens with one attached hydrogen (secondary N) is 1. The largest absolute Gasteiger partial charge is 0.506 e. The summed E-state index contributed by atoms with van der Waals surface area (Å²) in [5, 5.41) is 11.1. The maximum absolute atomic E-state index is 14.3. The Morgan fingerprint density at radius 1 is 1.15 bits per heavy atom. The number of H-pyrrole nitrogens is 1. The molecule has 2 N–H and O–H groups in total. The van der Waals surface area contributed by atoms with Crippen LogP contribution in [-0.2, 0) is 0 Å². The number of halogens is 2. The van der Waals surface area contributed by atoms with Crippen molar-refractivity contribution in [2.24, 2.45) is 0 Å². The molecule has 0 aliphatic carbocycles. The third-order valence-corrected chi connectivity index (χ3v) is 4.53. The Kier molecular flexibility index (Phi) is 4.25. The number of benzene rings is 2. The molecule has 0 amide bonds. The molecule has 4 aromatic rings. The van der Waals surface area contributed by atoms with E-state index in [9.17, 15) is 14.3 Å². The third kappa shape index (κ3) is 3.01. The van der Waals surface area contributed by atoms with Gasteiger partial charge in [-0.15, -0.1) is 0 Å². The van der Waals surface area contributed by atoms with Crippen LogP contribution in [0.5, 0.6) is 5.75 Å². The molecular weight excluding hydrogens is 391 g/mol. The summed E-state index contributed by atoms with van der Waals surface area (Å²) in [5.41, 5.74) is -0.363. The molecule has 0 spiro atoms. The van der Waals surface area contributed by atoms with E-state index in [0.717, 1.165) is 0 Å². The lowest BCUT2D eigenvalue weighted by Gasteiger charge is -2.09. The lowest BCUT2D eigenvalue weighted by Crippen LogP contribution is -2.06. The number of nitrogens with zero attached hydrogens (tertiary/aromatic N) is 1. The zero-order valence-electron chi connectivity index (χ0n) is 13.5. The second-order valence-electron chi connectivity index (χ2n) is 5.69. The van der Waals surface area contributed by atoms with Crippen LogP contribution in [-0.4, -0.2) is 15.1 Å². The molecule has 0 saturated heterocycles. The number of fused-ring (bicyclic) bond motifs is 1. The molecule has 0 fully saturated rings. The Hall–Kier alpha value is -3.03. The molecule has 4 rings (SSSR count). The average molecular weight is 401 g/mol. The molecule has 0 aliphatic heterocycles. The van der Waals surface area contributed by atoms with E-state index in [0.29, 0.717) is 5.39 Å². The Labute approximate surface area is 161 Å². The molecule has 0 unspecified atom stereocenters. The quantitative estimate of drug-likeness (QED) is 0.362. The van der Waals surface area contributed by atoms with Gasteiger partial charge in [-0.25, -0.2) is 14.2 Å². The normalized spacial score (nSPS) is 11.0. The van der Waals surface area contributed by atoms with Gasteiger partial charge >= 0.3 is 5.63 Å². The summed E-state index contributed by atoms with van der Waals surface area (Å²) < 4.78 is 19.5. The third-order valence-electron chi connectivity index (χ3n) is 4.02. The van der Waals surface area contributed by atoms with Crippen LogP contribution in [0.2, 0.25) is 5.02 Å². The molecule has 134 valence electrons. The minimum absolute atomic E-state index is 0.00576. The van der Waals surface area contributed by atoms with Crippen molar-refractivity contribution in [3.05, 3.63) is 74.6 Å². The first-order chi connectivity index (χ1) is 13.0. The molecule has 2 aromatic heterocycles. The maximum atomic E-state index is 14.3. The van der Waals surface area contributed by atoms with Gasteiger partial charge < -0.3 is 14.5 Å². The lowest BCUT2D eigenvalue weighted by atomic mass is 10.1. The highest BCUT2D eigenvalue weighted by atomic mass is 35.5. The van der Waals surface area contributed by atoms with Gasteiger partial charge in [0.2, 0.25) is 0 Å². The van der Waals surface area contributed by atoms with Crippen LogP contribution in [0.4, 0.5) is 4.39 Å². The number of rotatable bonds is 2. The van der Waals surface area contributed by atoms with Crippen molar-refractivity contribution in [2.75, 3.05) is 0 Å². The molecule has 0 saturated carbocycles. The van der Waals surface area contributed by atoms with Crippen molar-refractivity contribution in [3.63, 3.8) is 0 Å². The molecule has 5 nitrogen and oxygen atoms in total. The van der Waals surface area contributed by atoms with Crippen molar-refractivity contribution < 1.29 is 13.9 Å². The zero-order chi connectivity index (χ0) is 19.1. The van der Waals surface area contributed by atoms with E-state index >= 15 is 0 Å². The number of aromatic amines is 1. The zero-order valence-corrected chi connectivity index (χ0v) is 15.1. The highest BCUT2D eigenvalue weighted by Gasteiger charge is 2.19. The average Bonchev–Trinajstić information content (AvgIpc) is 2.61. The Balaban J connectivity index is 2.02. The van der Waals surface area contributed by atoms with Crippen LogP contribution >= 0.6 is 23.8 Å². The Morgan fingerprint density at radius 2 is 1.93 bits per heavy atom. The van der Waals surface area contributed by atoms with Gasteiger partial charge in [0.15, 0.2) is 4.77 Å². The maximum Gasteiger partial charge on any atom is 0.349 e. The molecule has 2 aromatic carbocycles. The molecule has 0 bridgehead atoms. The van der Waals surface area contributed by atoms with Gasteiger partial charge in [-0.1, -0.05) is 29.8 Å². The summed E-state index contributed by atoms with van der Waals surface area (Å²) in [4.78, 5) is 19.3. The molecule has 27 heavy (non-hydrogen) atoms. The molecule has 8 heteroatoms. The van der Waals surface area contributed by atoms with Crippen LogP contribution < -0.4 is 5.63 Å². The molecule has 0 aliphatic rings. The van der Waals surface area contributed by atoms with Crippen molar-refractivity contribution in [2.45, 2.75) is 0 Å². The van der Waals surface area contributed by atoms with E-state index in [2.05, 4.69) is 9.97 Å². The van der Waals surface area contributed by atoms with E-state index in [4.69, 9.17) is 28.2 Å². The highest BCUT2D eigenvalue weighted by Crippen LogP contribution is 2.35. The van der Waals surface area contributed by atoms with Crippen LogP contribution in [0, 0.1) is 10.6 Å². The van der Waals surface area contributed by atoms with Gasteiger partial charge in [0.05, 0.1) is 27.4 Å². The SMILES string of the molecule is O=c1oc2ccccc2c(O)c1-c1cc(-c2c(F)cccc2Cl)[nH]c(=S)n1. The molecule has 0 atom stereocenters. The van der Waals surface area contributed by atoms with Gasteiger partial charge in [-0.05, 0) is 42.5 Å². The van der Waals surface area contributed by atoms with Gasteiger partial charge in [0, 0.05) is 0 Å². The summed E-state index contributed by atoms with van der Waals surface area (Å²) in [6.45, 7) is 0. The van der Waals surface area contributed by atoms with E-state index in [-0.39, 0.29) is 43.6 Å². The van der Waals surface area contributed by atoms with Crippen molar-refractivity contribution >= 4 is 34.8 Å². The fourth-order valence-corrected chi connectivity index (χ4v) is 3.31. The minimum Gasteiger partial charge on any atom is -0.506 e. The Morgan fingerprint density at radius 3 is 2.70 bits per heavy atom. The van der Waals surface area contributed by atoms with Crippen LogP contribution in [0.15, 0.2) is 57.7 Å². The van der Waals surface area contributed by atoms with Crippen LogP contribution in [0.1, 0.15) is 0 Å². The lowest BCUT2D eigenvalue weighted by molar-refractivity contribution is 0.471. The predicted octanol–water partition coefficient (Wildman–Crippen LogP) is 5.08. The van der Waals surface area contributed by atoms with E-state index in [1.807, 2.05) is 0 Å². The van der Waals surface area contributed by atoms with Gasteiger partial charge in [0.25, 0.3) is 0 Å². The summed E-state index contributed by atoms with van der Waals surface area (Å²) in [6.07, 6.45) is 0. The standard InChI is InChI=1S/C19H10ClFN2O3S/c20-10-5-3-6-11(21)15(10)12-8-13(23-19(27)22-12)16-17(24)9-4-1-2-7-14(9)26-18(16)25/h1-8,24H,(H,22,23,27). The van der Waals surface area contributed by atoms with Crippen LogP contribution in [0.25, 0.3) is 33.5 Å². The molecule has 2 heterocycles. The van der Waals surface area contributed by atoms with E-state index in [1.165, 1.54) is 24.3 Å². The minimum atomic E-state index is -0.787. The fourth-order valence-electron chi connectivity index (χ4n) is 2.83. The molecule has 0 radical (unpaired) electrons. The fraction of sp³-hybridized carbons (Fsp3) is 0. The second kappa shape index (κ2) is 6.61. The number of hydrogen-bond donors (Lipinski definition) is 2. The topological polar surface area (TPSA) is 79.1 Å². The van der Waals surface area contributed by atoms with Crippen molar-refractivity contribution in [1.82, 2.24) is 9.97 Å². The Bertz CT molecular complexity index is 1300. The number of aromatic nitrogens is 2. The smallest absolute Gasteiger partial charge is 0.349 e. The van der Waals surface area contributed by atoms with E-state index < -0.39 is 11.4 Å². The van der Waals surface area contributed by atoms with Crippen molar-refractivity contribution in [1.29, 1.82) is 0 Å². The first kappa shape index (κ1) is 17.4. The number of hydrogen-bond acceptors (Lipinski definition) is 5. The monoisotopic (exact) mass is 400 g/mol. The summed E-state index contributed by atoms with van der Waals surface area (Å²) in [7, 11) is 0. The van der Waals surface area contributed by atoms with Crippen LogP contribution in [0.3, 0.4) is 0 Å². The molecular formula is C19H10ClFN2O3S. The highest BCUT2D eigenvalue weighted by molar-refractivity contribution is 7.71. The predicted molar refractivity (Wildman–Crippen MR) is 103 cm³/mol. The first-order valence-electron chi connectivity index (χ1n) is 7.76. The summed E-state index contributed by atoms with van der Waals surface area (Å²) in [6, 6.07) is 12.2. The summed E-state index contributed by atoms with van der Waals surface area (Å²) in [5.74, 6) is -0.861. The number of para-hydroxylation sites is 1. The van der Waals surface area contributed by atoms with E-state index in [1.54, 1.807) is 24.3 Å². The number of aromatic hydroxyl groups is 1. The second-order valence-corrected chi connectivity index (χ2v) is 6.49. The summed E-state index contributed by atoms with van der Waals surface area (Å²) >= 11 is 11.2. The van der Waals surface area contributed by atoms with Crippen molar-refractivity contribution in [3.8, 4) is 28.3 Å². The van der Waals surface area contributed by atoms with Gasteiger partial charge in [-0.3, -0.25) is 0 Å². The first-order valence-corrected chi connectivity index (χ1v) is 8.55.